The minimum absolute atomic E-state index is 0.282. The highest BCUT2D eigenvalue weighted by atomic mass is 32.2. The molecule has 3 N–H and O–H groups in total. The lowest BCUT2D eigenvalue weighted by Crippen LogP contribution is -2.29. The monoisotopic (exact) mass is 262 g/mol. The van der Waals surface area contributed by atoms with Gasteiger partial charge < -0.3 is 10.8 Å². The number of hydrogen-bond acceptors (Lipinski definition) is 5. The number of nitrogens with two attached hydrogens (primary N) is 1. The van der Waals surface area contributed by atoms with Crippen LogP contribution in [-0.4, -0.2) is 47.4 Å². The first-order chi connectivity index (χ1) is 7.95. The van der Waals surface area contributed by atoms with E-state index in [9.17, 15) is 8.42 Å². The van der Waals surface area contributed by atoms with E-state index in [4.69, 9.17) is 10.8 Å². The van der Waals surface area contributed by atoms with Crippen molar-refractivity contribution >= 4 is 10.2 Å². The average molecular weight is 262 g/mol. The normalized spacial score (nSPS) is 12.3. The van der Waals surface area contributed by atoms with Crippen LogP contribution in [0, 0.1) is 0 Å². The van der Waals surface area contributed by atoms with Crippen LogP contribution in [0.25, 0.3) is 0 Å². The fraction of sp³-hybridized carbons (Fsp3) is 0.667. The number of imidazole rings is 1. The van der Waals surface area contributed by atoms with Crippen LogP contribution in [0.1, 0.15) is 17.8 Å². The van der Waals surface area contributed by atoms with Gasteiger partial charge in [-0.15, -0.1) is 0 Å². The van der Waals surface area contributed by atoms with E-state index < -0.39 is 10.2 Å². The van der Waals surface area contributed by atoms with Gasteiger partial charge in [0.25, 0.3) is 0 Å². The number of aliphatic hydroxyl groups excluding tert-OH is 1. The Kier molecular flexibility index (Phi) is 4.63. The van der Waals surface area contributed by atoms with Crippen molar-refractivity contribution in [2.45, 2.75) is 19.4 Å². The van der Waals surface area contributed by atoms with Gasteiger partial charge in [0.15, 0.2) is 0 Å². The summed E-state index contributed by atoms with van der Waals surface area (Å²) in [5.74, 6) is 0. The van der Waals surface area contributed by atoms with Crippen molar-refractivity contribution in [1.82, 2.24) is 13.3 Å². The molecule has 7 nitrogen and oxygen atoms in total. The summed E-state index contributed by atoms with van der Waals surface area (Å²) >= 11 is 0. The van der Waals surface area contributed by atoms with Gasteiger partial charge in [-0.2, -0.15) is 12.7 Å². The van der Waals surface area contributed by atoms with Crippen LogP contribution in [0.15, 0.2) is 6.33 Å². The van der Waals surface area contributed by atoms with Crippen molar-refractivity contribution in [3.63, 3.8) is 0 Å². The Bertz CT molecular complexity index is 467. The summed E-state index contributed by atoms with van der Waals surface area (Å²) in [5, 5.41) is 9.12. The molecule has 0 saturated carbocycles. The van der Waals surface area contributed by atoms with Gasteiger partial charge in [0, 0.05) is 14.1 Å². The zero-order valence-electron chi connectivity index (χ0n) is 10.00. The van der Waals surface area contributed by atoms with Crippen LogP contribution in [0.3, 0.4) is 0 Å². The molecule has 0 unspecified atom stereocenters. The second-order valence-corrected chi connectivity index (χ2v) is 5.79. The van der Waals surface area contributed by atoms with E-state index in [1.807, 2.05) is 0 Å². The van der Waals surface area contributed by atoms with E-state index in [-0.39, 0.29) is 6.61 Å². The minimum atomic E-state index is -3.59. The number of aromatic nitrogens is 2. The summed E-state index contributed by atoms with van der Waals surface area (Å²) in [5.41, 5.74) is 6.27. The molecule has 1 rings (SSSR count). The Hall–Kier alpha value is -0.960. The molecule has 0 aliphatic carbocycles. The number of nitrogens with zero attached hydrogens (tertiary/aromatic N) is 3. The van der Waals surface area contributed by atoms with E-state index in [1.54, 1.807) is 0 Å². The van der Waals surface area contributed by atoms with Gasteiger partial charge in [-0.3, -0.25) is 0 Å². The molecule has 0 atom stereocenters. The fourth-order valence-electron chi connectivity index (χ4n) is 1.42. The van der Waals surface area contributed by atoms with Crippen molar-refractivity contribution in [2.24, 2.45) is 5.73 Å². The third-order valence-corrected chi connectivity index (χ3v) is 4.13. The van der Waals surface area contributed by atoms with Crippen molar-refractivity contribution < 1.29 is 13.5 Å². The Morgan fingerprint density at radius 1 is 1.53 bits per heavy atom. The van der Waals surface area contributed by atoms with E-state index >= 15 is 0 Å². The maximum Gasteiger partial charge on any atom is 0.308 e. The molecule has 0 spiro atoms. The van der Waals surface area contributed by atoms with Gasteiger partial charge in [0.1, 0.15) is 6.33 Å². The second kappa shape index (κ2) is 5.58. The zero-order valence-corrected chi connectivity index (χ0v) is 10.8. The van der Waals surface area contributed by atoms with Crippen LogP contribution in [0.5, 0.6) is 0 Å². The van der Waals surface area contributed by atoms with E-state index in [0.717, 1.165) is 8.28 Å². The third kappa shape index (κ3) is 2.83. The Balaban J connectivity index is 3.20. The van der Waals surface area contributed by atoms with Crippen molar-refractivity contribution in [1.29, 1.82) is 0 Å². The van der Waals surface area contributed by atoms with Crippen molar-refractivity contribution in [3.8, 4) is 0 Å². The quantitative estimate of drug-likeness (QED) is 0.679. The van der Waals surface area contributed by atoms with Crippen LogP contribution < -0.4 is 5.73 Å². The summed E-state index contributed by atoms with van der Waals surface area (Å²) in [6.07, 6.45) is 2.33. The molecule has 17 heavy (non-hydrogen) atoms. The Morgan fingerprint density at radius 2 is 2.18 bits per heavy atom. The van der Waals surface area contributed by atoms with E-state index in [0.29, 0.717) is 30.8 Å². The zero-order chi connectivity index (χ0) is 13.1. The Labute approximate surface area is 101 Å². The molecule has 0 aromatic carbocycles. The highest BCUT2D eigenvalue weighted by molar-refractivity contribution is 7.87. The molecule has 8 heteroatoms. The van der Waals surface area contributed by atoms with Crippen molar-refractivity contribution in [3.05, 3.63) is 17.7 Å². The van der Waals surface area contributed by atoms with Gasteiger partial charge in [-0.05, 0) is 19.4 Å². The predicted molar refractivity (Wildman–Crippen MR) is 63.5 cm³/mol. The molecular formula is C9H18N4O3S. The van der Waals surface area contributed by atoms with Crippen molar-refractivity contribution in [2.75, 3.05) is 20.6 Å². The maximum absolute atomic E-state index is 12.0. The van der Waals surface area contributed by atoms with Crippen LogP contribution >= 0.6 is 0 Å². The van der Waals surface area contributed by atoms with Gasteiger partial charge >= 0.3 is 10.2 Å². The molecule has 0 radical (unpaired) electrons. The van der Waals surface area contributed by atoms with Gasteiger partial charge in [0.05, 0.1) is 18.0 Å². The topological polar surface area (TPSA) is 101 Å². The molecule has 98 valence electrons. The summed E-state index contributed by atoms with van der Waals surface area (Å²) < 4.78 is 26.2. The lowest BCUT2D eigenvalue weighted by Gasteiger charge is -2.14. The molecule has 1 aromatic heterocycles. The molecule has 0 aliphatic heterocycles. The standard InChI is InChI=1S/C9H18N4O3S/c1-12(2)17(15,16)13-7-11-8(6-14)9(13)4-3-5-10/h7,14H,3-6,10H2,1-2H3. The number of rotatable bonds is 6. The summed E-state index contributed by atoms with van der Waals surface area (Å²) in [7, 11) is -0.701. The van der Waals surface area contributed by atoms with Gasteiger partial charge in [-0.25, -0.2) is 8.96 Å². The second-order valence-electron chi connectivity index (χ2n) is 3.77. The van der Waals surface area contributed by atoms with Crippen LogP contribution in [0.4, 0.5) is 0 Å². The molecule has 0 fully saturated rings. The number of aliphatic hydroxyl groups is 1. The van der Waals surface area contributed by atoms with E-state index in [2.05, 4.69) is 4.98 Å². The molecule has 1 aromatic rings. The predicted octanol–water partition coefficient (Wildman–Crippen LogP) is -1.08. The Morgan fingerprint density at radius 3 is 2.65 bits per heavy atom. The molecule has 0 amide bonds. The molecular weight excluding hydrogens is 244 g/mol. The average Bonchev–Trinajstić information content (AvgIpc) is 2.69. The fourth-order valence-corrected chi connectivity index (χ4v) is 2.42. The largest absolute Gasteiger partial charge is 0.390 e. The first-order valence-electron chi connectivity index (χ1n) is 5.24. The summed E-state index contributed by atoms with van der Waals surface area (Å²) in [6, 6.07) is 0. The first-order valence-corrected chi connectivity index (χ1v) is 6.64. The minimum Gasteiger partial charge on any atom is -0.390 e. The van der Waals surface area contributed by atoms with Crippen LogP contribution in [0.2, 0.25) is 0 Å². The van der Waals surface area contributed by atoms with E-state index in [1.165, 1.54) is 20.4 Å². The van der Waals surface area contributed by atoms with Crippen LogP contribution in [-0.2, 0) is 23.2 Å². The summed E-state index contributed by atoms with van der Waals surface area (Å²) in [6.45, 7) is 0.175. The lowest BCUT2D eigenvalue weighted by atomic mass is 10.2. The smallest absolute Gasteiger partial charge is 0.308 e. The molecule has 0 bridgehead atoms. The maximum atomic E-state index is 12.0. The SMILES string of the molecule is CN(C)S(=O)(=O)n1cnc(CO)c1CCCN. The lowest BCUT2D eigenvalue weighted by molar-refractivity contribution is 0.276. The molecule has 0 aliphatic rings. The van der Waals surface area contributed by atoms with Gasteiger partial charge in [0.2, 0.25) is 0 Å². The molecule has 0 saturated heterocycles. The third-order valence-electron chi connectivity index (χ3n) is 2.40. The highest BCUT2D eigenvalue weighted by Crippen LogP contribution is 2.14. The molecule has 1 heterocycles. The first kappa shape index (κ1) is 14.1. The highest BCUT2D eigenvalue weighted by Gasteiger charge is 2.22. The summed E-state index contributed by atoms with van der Waals surface area (Å²) in [4.78, 5) is 3.90. The number of hydrogen-bond donors (Lipinski definition) is 2. The van der Waals surface area contributed by atoms with Gasteiger partial charge in [-0.1, -0.05) is 0 Å².